The Morgan fingerprint density at radius 1 is 1.46 bits per heavy atom. The molecule has 0 aliphatic carbocycles. The van der Waals surface area contributed by atoms with Gasteiger partial charge in [-0.2, -0.15) is 0 Å². The summed E-state index contributed by atoms with van der Waals surface area (Å²) in [6, 6.07) is 0.709. The van der Waals surface area contributed by atoms with Crippen molar-refractivity contribution >= 4 is 0 Å². The summed E-state index contributed by atoms with van der Waals surface area (Å²) in [6.07, 6.45) is 2.64. The van der Waals surface area contributed by atoms with Gasteiger partial charge in [-0.3, -0.25) is 0 Å². The summed E-state index contributed by atoms with van der Waals surface area (Å²) in [6.45, 7) is 11.9. The van der Waals surface area contributed by atoms with Crippen LogP contribution in [-0.2, 0) is 0 Å². The summed E-state index contributed by atoms with van der Waals surface area (Å²) in [5.41, 5.74) is 0. The maximum atomic E-state index is 3.43. The molecule has 1 N–H and O–H groups in total. The van der Waals surface area contributed by atoms with Crippen LogP contribution in [0, 0.1) is 5.92 Å². The van der Waals surface area contributed by atoms with E-state index >= 15 is 0 Å². The van der Waals surface area contributed by atoms with Crippen LogP contribution in [0.15, 0.2) is 0 Å². The highest BCUT2D eigenvalue weighted by atomic mass is 15.1. The molecule has 1 fully saturated rings. The van der Waals surface area contributed by atoms with E-state index in [9.17, 15) is 0 Å². The van der Waals surface area contributed by atoms with Crippen LogP contribution in [0.25, 0.3) is 0 Å². The molecule has 1 unspecified atom stereocenters. The Hall–Kier alpha value is -0.0800. The number of nitrogens with one attached hydrogen (secondary N) is 1. The third-order valence-electron chi connectivity index (χ3n) is 2.90. The molecule has 1 aliphatic heterocycles. The topological polar surface area (TPSA) is 15.3 Å². The molecule has 1 atom stereocenters. The third-order valence-corrected chi connectivity index (χ3v) is 2.90. The fourth-order valence-corrected chi connectivity index (χ4v) is 2.05. The molecule has 2 nitrogen and oxygen atoms in total. The Morgan fingerprint density at radius 2 is 2.23 bits per heavy atom. The van der Waals surface area contributed by atoms with Gasteiger partial charge in [0.05, 0.1) is 0 Å². The van der Waals surface area contributed by atoms with Crippen molar-refractivity contribution < 1.29 is 0 Å². The van der Waals surface area contributed by atoms with E-state index in [-0.39, 0.29) is 0 Å². The molecule has 1 saturated heterocycles. The van der Waals surface area contributed by atoms with Crippen molar-refractivity contribution in [2.45, 2.75) is 39.7 Å². The predicted molar refractivity (Wildman–Crippen MR) is 58.0 cm³/mol. The maximum Gasteiger partial charge on any atom is 0.00387 e. The largest absolute Gasteiger partial charge is 0.316 e. The summed E-state index contributed by atoms with van der Waals surface area (Å²) < 4.78 is 0. The van der Waals surface area contributed by atoms with Gasteiger partial charge in [0.1, 0.15) is 0 Å². The lowest BCUT2D eigenvalue weighted by atomic mass is 10.1. The van der Waals surface area contributed by atoms with Gasteiger partial charge >= 0.3 is 0 Å². The first-order valence-electron chi connectivity index (χ1n) is 5.68. The van der Waals surface area contributed by atoms with Crippen LogP contribution in [0.4, 0.5) is 0 Å². The van der Waals surface area contributed by atoms with Gasteiger partial charge in [-0.25, -0.2) is 0 Å². The molecular formula is C11H24N2. The van der Waals surface area contributed by atoms with E-state index in [1.54, 1.807) is 0 Å². The highest BCUT2D eigenvalue weighted by Gasteiger charge is 2.18. The molecule has 1 heterocycles. The average Bonchev–Trinajstić information content (AvgIpc) is 2.56. The molecule has 13 heavy (non-hydrogen) atoms. The number of rotatable bonds is 5. The van der Waals surface area contributed by atoms with Crippen LogP contribution in [0.3, 0.4) is 0 Å². The highest BCUT2D eigenvalue weighted by molar-refractivity contribution is 4.76. The lowest BCUT2D eigenvalue weighted by molar-refractivity contribution is 0.192. The Labute approximate surface area is 82.7 Å². The van der Waals surface area contributed by atoms with Gasteiger partial charge in [0.2, 0.25) is 0 Å². The molecule has 78 valence electrons. The van der Waals surface area contributed by atoms with E-state index in [0.717, 1.165) is 5.92 Å². The molecule has 0 aromatic rings. The first kappa shape index (κ1) is 11.0. The summed E-state index contributed by atoms with van der Waals surface area (Å²) in [5, 5.41) is 3.43. The van der Waals surface area contributed by atoms with Gasteiger partial charge in [0.15, 0.2) is 0 Å². The Balaban J connectivity index is 2.27. The lowest BCUT2D eigenvalue weighted by Gasteiger charge is -2.28. The molecule has 1 aliphatic rings. The summed E-state index contributed by atoms with van der Waals surface area (Å²) >= 11 is 0. The van der Waals surface area contributed by atoms with E-state index in [2.05, 4.69) is 31.0 Å². The number of nitrogens with zero attached hydrogens (tertiary/aromatic N) is 1. The normalized spacial score (nSPS) is 23.3. The molecular weight excluding hydrogens is 160 g/mol. The Kier molecular flexibility index (Phi) is 4.74. The molecule has 2 heteroatoms. The van der Waals surface area contributed by atoms with Crippen molar-refractivity contribution in [2.24, 2.45) is 5.92 Å². The van der Waals surface area contributed by atoms with Gasteiger partial charge in [-0.15, -0.1) is 0 Å². The Morgan fingerprint density at radius 3 is 2.69 bits per heavy atom. The lowest BCUT2D eigenvalue weighted by Crippen LogP contribution is -2.36. The van der Waals surface area contributed by atoms with Crippen LogP contribution in [0.2, 0.25) is 0 Å². The van der Waals surface area contributed by atoms with E-state index in [4.69, 9.17) is 0 Å². The Bertz CT molecular complexity index is 128. The van der Waals surface area contributed by atoms with Gasteiger partial charge in [-0.1, -0.05) is 6.92 Å². The smallest absolute Gasteiger partial charge is 0.00387 e. The third kappa shape index (κ3) is 3.65. The van der Waals surface area contributed by atoms with Crippen molar-refractivity contribution in [1.29, 1.82) is 0 Å². The highest BCUT2D eigenvalue weighted by Crippen LogP contribution is 2.12. The van der Waals surface area contributed by atoms with Gasteiger partial charge in [0, 0.05) is 12.6 Å². The number of hydrogen-bond acceptors (Lipinski definition) is 2. The van der Waals surface area contributed by atoms with Gasteiger partial charge < -0.3 is 10.2 Å². The second kappa shape index (κ2) is 5.61. The van der Waals surface area contributed by atoms with Crippen LogP contribution >= 0.6 is 0 Å². The molecule has 0 saturated carbocycles. The van der Waals surface area contributed by atoms with E-state index in [1.807, 2.05) is 0 Å². The SMILES string of the molecule is CCCN(CC1CCNC1)C(C)C. The quantitative estimate of drug-likeness (QED) is 0.700. The van der Waals surface area contributed by atoms with Crippen LogP contribution in [0.5, 0.6) is 0 Å². The first-order chi connectivity index (χ1) is 6.24. The van der Waals surface area contributed by atoms with Crippen molar-refractivity contribution in [2.75, 3.05) is 26.2 Å². The van der Waals surface area contributed by atoms with Crippen molar-refractivity contribution in [3.8, 4) is 0 Å². The predicted octanol–water partition coefficient (Wildman–Crippen LogP) is 1.72. The average molecular weight is 184 g/mol. The molecule has 0 amide bonds. The van der Waals surface area contributed by atoms with Crippen LogP contribution in [-0.4, -0.2) is 37.1 Å². The summed E-state index contributed by atoms with van der Waals surface area (Å²) in [4.78, 5) is 2.61. The molecule has 0 radical (unpaired) electrons. The van der Waals surface area contributed by atoms with Crippen molar-refractivity contribution in [3.63, 3.8) is 0 Å². The first-order valence-corrected chi connectivity index (χ1v) is 5.68. The van der Waals surface area contributed by atoms with Crippen molar-refractivity contribution in [1.82, 2.24) is 10.2 Å². The summed E-state index contributed by atoms with van der Waals surface area (Å²) in [5.74, 6) is 0.897. The minimum Gasteiger partial charge on any atom is -0.316 e. The fourth-order valence-electron chi connectivity index (χ4n) is 2.05. The van der Waals surface area contributed by atoms with Gasteiger partial charge in [-0.05, 0) is 52.2 Å². The van der Waals surface area contributed by atoms with Gasteiger partial charge in [0.25, 0.3) is 0 Å². The number of hydrogen-bond donors (Lipinski definition) is 1. The minimum atomic E-state index is 0.709. The monoisotopic (exact) mass is 184 g/mol. The molecule has 0 aromatic heterocycles. The second-order valence-corrected chi connectivity index (χ2v) is 4.45. The van der Waals surface area contributed by atoms with Crippen LogP contribution < -0.4 is 5.32 Å². The van der Waals surface area contributed by atoms with Crippen molar-refractivity contribution in [3.05, 3.63) is 0 Å². The van der Waals surface area contributed by atoms with E-state index in [1.165, 1.54) is 39.0 Å². The van der Waals surface area contributed by atoms with E-state index in [0.29, 0.717) is 6.04 Å². The zero-order valence-electron chi connectivity index (χ0n) is 9.34. The maximum absolute atomic E-state index is 3.43. The molecule has 0 spiro atoms. The van der Waals surface area contributed by atoms with E-state index < -0.39 is 0 Å². The molecule has 0 aromatic carbocycles. The zero-order valence-corrected chi connectivity index (χ0v) is 9.34. The minimum absolute atomic E-state index is 0.709. The molecule has 0 bridgehead atoms. The van der Waals surface area contributed by atoms with Crippen LogP contribution in [0.1, 0.15) is 33.6 Å². The standard InChI is InChI=1S/C11H24N2/c1-4-7-13(10(2)3)9-11-5-6-12-8-11/h10-12H,4-9H2,1-3H3. The zero-order chi connectivity index (χ0) is 9.68. The fraction of sp³-hybridized carbons (Fsp3) is 1.00. The second-order valence-electron chi connectivity index (χ2n) is 4.45. The molecule has 1 rings (SSSR count). The summed E-state index contributed by atoms with van der Waals surface area (Å²) in [7, 11) is 0.